The summed E-state index contributed by atoms with van der Waals surface area (Å²) in [5.41, 5.74) is 4.84. The van der Waals surface area contributed by atoms with Gasteiger partial charge in [-0.15, -0.1) is 0 Å². The molecule has 3 unspecified atom stereocenters. The van der Waals surface area contributed by atoms with Gasteiger partial charge >= 0.3 is 5.97 Å². The first-order chi connectivity index (χ1) is 13.6. The van der Waals surface area contributed by atoms with Crippen molar-refractivity contribution in [3.8, 4) is 0 Å². The van der Waals surface area contributed by atoms with Crippen LogP contribution in [0.3, 0.4) is 0 Å². The minimum atomic E-state index is -0.298. The molecule has 0 aromatic heterocycles. The van der Waals surface area contributed by atoms with Gasteiger partial charge in [0.1, 0.15) is 11.7 Å². The fourth-order valence-electron chi connectivity index (χ4n) is 4.83. The van der Waals surface area contributed by atoms with Gasteiger partial charge in [0.25, 0.3) is 0 Å². The number of esters is 1. The van der Waals surface area contributed by atoms with E-state index < -0.39 is 0 Å². The highest BCUT2D eigenvalue weighted by Gasteiger charge is 2.37. The number of carbonyl (C=O) groups is 1. The third kappa shape index (κ3) is 6.68. The van der Waals surface area contributed by atoms with Crippen molar-refractivity contribution in [1.82, 2.24) is 0 Å². The predicted molar refractivity (Wildman–Crippen MR) is 117 cm³/mol. The summed E-state index contributed by atoms with van der Waals surface area (Å²) in [4.78, 5) is 23.0. The first-order valence-corrected chi connectivity index (χ1v) is 11.3. The maximum absolute atomic E-state index is 11.7. The van der Waals surface area contributed by atoms with Gasteiger partial charge in [-0.3, -0.25) is 4.79 Å². The molecule has 0 radical (unpaired) electrons. The van der Waals surface area contributed by atoms with Crippen molar-refractivity contribution >= 4 is 5.97 Å². The average molecular weight is 407 g/mol. The summed E-state index contributed by atoms with van der Waals surface area (Å²) in [7, 11) is 1.41. The van der Waals surface area contributed by atoms with Gasteiger partial charge in [0.05, 0.1) is 13.0 Å². The number of allylic oxidation sites excluding steroid dienone is 4. The number of hydrogen-bond donors (Lipinski definition) is 0. The molecule has 1 fully saturated rings. The first kappa shape index (κ1) is 24.1. The van der Waals surface area contributed by atoms with E-state index in [2.05, 4.69) is 40.7 Å². The molecule has 0 bridgehead atoms. The Morgan fingerprint density at radius 2 is 2.03 bits per heavy atom. The van der Waals surface area contributed by atoms with E-state index in [-0.39, 0.29) is 23.6 Å². The zero-order valence-corrected chi connectivity index (χ0v) is 19.7. The molecule has 4 nitrogen and oxygen atoms in total. The molecule has 1 aliphatic heterocycles. The summed E-state index contributed by atoms with van der Waals surface area (Å²) in [6.07, 6.45) is 12.0. The van der Waals surface area contributed by atoms with Crippen LogP contribution in [0.1, 0.15) is 99.3 Å². The normalized spacial score (nSPS) is 28.9. The van der Waals surface area contributed by atoms with Gasteiger partial charge in [-0.25, -0.2) is 9.78 Å². The lowest BCUT2D eigenvalue weighted by atomic mass is 9.71. The van der Waals surface area contributed by atoms with Crippen LogP contribution < -0.4 is 0 Å². The van der Waals surface area contributed by atoms with Gasteiger partial charge in [0, 0.05) is 0 Å². The lowest BCUT2D eigenvalue weighted by molar-refractivity contribution is -0.411. The molecule has 1 heterocycles. The van der Waals surface area contributed by atoms with Crippen LogP contribution in [-0.2, 0) is 19.3 Å². The zero-order chi connectivity index (χ0) is 21.7. The molecule has 4 heteroatoms. The fraction of sp³-hybridized carbons (Fsp3) is 0.800. The van der Waals surface area contributed by atoms with Crippen molar-refractivity contribution < 1.29 is 19.3 Å². The highest BCUT2D eigenvalue weighted by molar-refractivity contribution is 5.72. The molecule has 2 rings (SSSR count). The molecule has 166 valence electrons. The summed E-state index contributed by atoms with van der Waals surface area (Å²) >= 11 is 0. The molecule has 0 aromatic rings. The Bertz CT molecular complexity index is 621. The standard InChI is InChI=1S/C25H42O4/c1-18(12-13-21-19(2)11-9-15-24(21,4)5)10-8-16-25(6)17-14-22(28-29-25)20(3)23(26)27-7/h10,20,22H,8-9,11-17H2,1-7H3. The summed E-state index contributed by atoms with van der Waals surface area (Å²) in [6.45, 7) is 13.3. The maximum Gasteiger partial charge on any atom is 0.311 e. The number of hydrogen-bond acceptors (Lipinski definition) is 4. The average Bonchev–Trinajstić information content (AvgIpc) is 2.66. The number of ether oxygens (including phenoxy) is 1. The van der Waals surface area contributed by atoms with Crippen LogP contribution >= 0.6 is 0 Å². The Balaban J connectivity index is 1.78. The molecular formula is C25H42O4. The van der Waals surface area contributed by atoms with Gasteiger partial charge < -0.3 is 4.74 Å². The van der Waals surface area contributed by atoms with E-state index in [0.29, 0.717) is 5.41 Å². The Hall–Kier alpha value is -1.13. The highest BCUT2D eigenvalue weighted by Crippen LogP contribution is 2.42. The summed E-state index contributed by atoms with van der Waals surface area (Å²) in [6, 6.07) is 0. The highest BCUT2D eigenvalue weighted by atomic mass is 17.2. The van der Waals surface area contributed by atoms with Crippen molar-refractivity contribution in [1.29, 1.82) is 0 Å². The Kier molecular flexibility index (Phi) is 8.54. The summed E-state index contributed by atoms with van der Waals surface area (Å²) in [5, 5.41) is 0. The monoisotopic (exact) mass is 406 g/mol. The lowest BCUT2D eigenvalue weighted by Gasteiger charge is -2.37. The van der Waals surface area contributed by atoms with E-state index >= 15 is 0 Å². The third-order valence-corrected chi connectivity index (χ3v) is 7.08. The molecular weight excluding hydrogens is 364 g/mol. The Morgan fingerprint density at radius 3 is 2.62 bits per heavy atom. The van der Waals surface area contributed by atoms with Crippen molar-refractivity contribution in [2.45, 2.75) is 111 Å². The topological polar surface area (TPSA) is 44.8 Å². The van der Waals surface area contributed by atoms with Crippen LogP contribution in [0.2, 0.25) is 0 Å². The summed E-state index contributed by atoms with van der Waals surface area (Å²) < 4.78 is 4.81. The lowest BCUT2D eigenvalue weighted by Crippen LogP contribution is -2.41. The second-order valence-electron chi connectivity index (χ2n) is 10.1. The molecule has 2 aliphatic rings. The molecule has 0 spiro atoms. The second kappa shape index (κ2) is 10.3. The Labute approximate surface area is 178 Å². The third-order valence-electron chi connectivity index (χ3n) is 7.08. The van der Waals surface area contributed by atoms with E-state index in [0.717, 1.165) is 32.1 Å². The zero-order valence-electron chi connectivity index (χ0n) is 19.7. The van der Waals surface area contributed by atoms with Gasteiger partial charge in [0.15, 0.2) is 0 Å². The number of carbonyl (C=O) groups excluding carboxylic acids is 1. The van der Waals surface area contributed by atoms with E-state index in [9.17, 15) is 4.79 Å². The van der Waals surface area contributed by atoms with E-state index in [4.69, 9.17) is 14.5 Å². The molecule has 1 aliphatic carbocycles. The van der Waals surface area contributed by atoms with Crippen molar-refractivity contribution in [3.63, 3.8) is 0 Å². The minimum Gasteiger partial charge on any atom is -0.469 e. The van der Waals surface area contributed by atoms with Gasteiger partial charge in [-0.2, -0.15) is 0 Å². The fourth-order valence-corrected chi connectivity index (χ4v) is 4.83. The molecule has 29 heavy (non-hydrogen) atoms. The van der Waals surface area contributed by atoms with E-state index in [1.807, 2.05) is 6.92 Å². The van der Waals surface area contributed by atoms with Gasteiger partial charge in [-0.05, 0) is 90.9 Å². The van der Waals surface area contributed by atoms with Crippen LogP contribution in [0.25, 0.3) is 0 Å². The first-order valence-electron chi connectivity index (χ1n) is 11.3. The largest absolute Gasteiger partial charge is 0.469 e. The summed E-state index contributed by atoms with van der Waals surface area (Å²) in [5.74, 6) is -0.541. The SMILES string of the molecule is COC(=O)C(C)C1CCC(C)(CCC=C(C)CCC2=C(C)CCCC2(C)C)OO1. The number of rotatable bonds is 8. The van der Waals surface area contributed by atoms with E-state index in [1.165, 1.54) is 38.4 Å². The molecule has 3 atom stereocenters. The molecule has 1 saturated heterocycles. The Morgan fingerprint density at radius 1 is 1.31 bits per heavy atom. The second-order valence-corrected chi connectivity index (χ2v) is 10.1. The molecule has 0 amide bonds. The van der Waals surface area contributed by atoms with Gasteiger partial charge in [-0.1, -0.05) is 36.6 Å². The minimum absolute atomic E-state index is 0.219. The van der Waals surface area contributed by atoms with Crippen LogP contribution in [0.15, 0.2) is 22.8 Å². The van der Waals surface area contributed by atoms with E-state index in [1.54, 1.807) is 11.1 Å². The smallest absolute Gasteiger partial charge is 0.311 e. The van der Waals surface area contributed by atoms with Crippen molar-refractivity contribution in [3.05, 3.63) is 22.8 Å². The van der Waals surface area contributed by atoms with Crippen molar-refractivity contribution in [2.75, 3.05) is 7.11 Å². The van der Waals surface area contributed by atoms with Gasteiger partial charge in [0.2, 0.25) is 0 Å². The van der Waals surface area contributed by atoms with Crippen LogP contribution in [0.5, 0.6) is 0 Å². The molecule has 0 saturated carbocycles. The molecule has 0 aromatic carbocycles. The molecule has 0 N–H and O–H groups in total. The van der Waals surface area contributed by atoms with Crippen molar-refractivity contribution in [2.24, 2.45) is 11.3 Å². The predicted octanol–water partition coefficient (Wildman–Crippen LogP) is 6.70. The number of methoxy groups -OCH3 is 1. The quantitative estimate of drug-likeness (QED) is 0.256. The van der Waals surface area contributed by atoms with Crippen LogP contribution in [-0.4, -0.2) is 24.8 Å². The van der Waals surface area contributed by atoms with Crippen LogP contribution in [0, 0.1) is 11.3 Å². The van der Waals surface area contributed by atoms with Crippen LogP contribution in [0.4, 0.5) is 0 Å². The maximum atomic E-state index is 11.7.